The van der Waals surface area contributed by atoms with Gasteiger partial charge in [-0.3, -0.25) is 4.79 Å². The lowest BCUT2D eigenvalue weighted by Gasteiger charge is -2.11. The molecular formula is C23H13NO3. The van der Waals surface area contributed by atoms with E-state index in [0.717, 1.165) is 0 Å². The number of nitrogens with one attached hydrogen (secondary N) is 1. The van der Waals surface area contributed by atoms with Gasteiger partial charge in [0.15, 0.2) is 0 Å². The second kappa shape index (κ2) is 8.17. The highest BCUT2D eigenvalue weighted by Crippen LogP contribution is 2.36. The van der Waals surface area contributed by atoms with Crippen LogP contribution < -0.4 is 10.1 Å². The van der Waals surface area contributed by atoms with Gasteiger partial charge in [-0.2, -0.15) is 0 Å². The van der Waals surface area contributed by atoms with E-state index in [9.17, 15) is 9.90 Å². The summed E-state index contributed by atoms with van der Waals surface area (Å²) >= 11 is 0. The molecule has 0 heterocycles. The third-order valence-corrected chi connectivity index (χ3v) is 3.66. The molecule has 0 saturated heterocycles. The number of benzene rings is 3. The van der Waals surface area contributed by atoms with Gasteiger partial charge >= 0.3 is 0 Å². The molecule has 0 fully saturated rings. The van der Waals surface area contributed by atoms with Crippen LogP contribution in [0.15, 0.2) is 60.7 Å². The van der Waals surface area contributed by atoms with E-state index in [1.54, 1.807) is 48.5 Å². The number of phenolic OH excluding ortho intramolecular Hbond substituents is 1. The summed E-state index contributed by atoms with van der Waals surface area (Å²) in [7, 11) is 0. The molecular weight excluding hydrogens is 338 g/mol. The smallest absolute Gasteiger partial charge is 0.259 e. The van der Waals surface area contributed by atoms with Gasteiger partial charge < -0.3 is 15.2 Å². The lowest BCUT2D eigenvalue weighted by atomic mass is 10.0. The monoisotopic (exact) mass is 351 g/mol. The molecule has 3 aromatic rings. The Labute approximate surface area is 156 Å². The number of carbonyl (C=O) groups is 1. The first-order chi connectivity index (χ1) is 13.2. The quantitative estimate of drug-likeness (QED) is 0.706. The topological polar surface area (TPSA) is 58.6 Å². The number of carbonyl (C=O) groups excluding carboxylic acids is 1. The van der Waals surface area contributed by atoms with Crippen molar-refractivity contribution in [2.24, 2.45) is 0 Å². The molecule has 0 aliphatic carbocycles. The number of hydrogen-bond acceptors (Lipinski definition) is 3. The van der Waals surface area contributed by atoms with Crippen LogP contribution in [-0.4, -0.2) is 11.0 Å². The van der Waals surface area contributed by atoms with Crippen molar-refractivity contribution in [1.82, 2.24) is 0 Å². The van der Waals surface area contributed by atoms with Crippen molar-refractivity contribution in [3.63, 3.8) is 0 Å². The second-order valence-electron chi connectivity index (χ2n) is 5.36. The Morgan fingerprint density at radius 2 is 1.67 bits per heavy atom. The second-order valence-corrected chi connectivity index (χ2v) is 5.36. The number of ether oxygens (including phenoxy) is 1. The molecule has 2 N–H and O–H groups in total. The van der Waals surface area contributed by atoms with E-state index >= 15 is 0 Å². The van der Waals surface area contributed by atoms with Gasteiger partial charge in [0.05, 0.1) is 5.56 Å². The number of phenols is 1. The van der Waals surface area contributed by atoms with Crippen LogP contribution in [0.3, 0.4) is 0 Å². The normalized spacial score (nSPS) is 9.15. The van der Waals surface area contributed by atoms with Crippen LogP contribution in [0.1, 0.15) is 10.4 Å². The van der Waals surface area contributed by atoms with Crippen LogP contribution >= 0.6 is 0 Å². The first kappa shape index (κ1) is 17.5. The zero-order valence-corrected chi connectivity index (χ0v) is 14.1. The standard InChI is InChI=1S/C23H13NO3/c1-2-3-4-10-15-27-21-16-20(22(25)19-14-9-8-13-18(19)21)23(26)24-17-11-6-5-7-12-17/h1,5-9,11-14,16,25H,(H,24,26). The van der Waals surface area contributed by atoms with Crippen molar-refractivity contribution < 1.29 is 14.6 Å². The van der Waals surface area contributed by atoms with Crippen molar-refractivity contribution in [2.75, 3.05) is 5.32 Å². The van der Waals surface area contributed by atoms with E-state index in [-0.39, 0.29) is 11.3 Å². The average molecular weight is 351 g/mol. The number of terminal acetylenes is 1. The highest BCUT2D eigenvalue weighted by Gasteiger charge is 2.18. The number of fused-ring (bicyclic) bond motifs is 1. The fraction of sp³-hybridized carbons (Fsp3) is 0. The molecule has 4 heteroatoms. The molecule has 4 nitrogen and oxygen atoms in total. The third kappa shape index (κ3) is 4.02. The molecule has 0 unspecified atom stereocenters. The van der Waals surface area contributed by atoms with Crippen LogP contribution in [0.5, 0.6) is 11.5 Å². The maximum atomic E-state index is 12.6. The number of aromatic hydroxyl groups is 1. The van der Waals surface area contributed by atoms with Crippen LogP contribution in [0.25, 0.3) is 10.8 Å². The van der Waals surface area contributed by atoms with E-state index in [1.165, 1.54) is 6.07 Å². The zero-order valence-electron chi connectivity index (χ0n) is 14.1. The Bertz CT molecular complexity index is 1170. The molecule has 0 atom stereocenters. The van der Waals surface area contributed by atoms with Gasteiger partial charge in [0.1, 0.15) is 17.6 Å². The summed E-state index contributed by atoms with van der Waals surface area (Å²) in [6.07, 6.45) is 7.46. The van der Waals surface area contributed by atoms with E-state index < -0.39 is 5.91 Å². The fourth-order valence-corrected chi connectivity index (χ4v) is 2.48. The minimum absolute atomic E-state index is 0.0732. The Kier molecular flexibility index (Phi) is 5.29. The minimum atomic E-state index is -0.464. The Hall–Kier alpha value is -4.33. The molecule has 0 aromatic heterocycles. The maximum absolute atomic E-state index is 12.6. The van der Waals surface area contributed by atoms with Gasteiger partial charge in [-0.05, 0) is 30.0 Å². The molecule has 0 radical (unpaired) electrons. The van der Waals surface area contributed by atoms with Crippen LogP contribution in [-0.2, 0) is 0 Å². The highest BCUT2D eigenvalue weighted by molar-refractivity contribution is 6.11. The van der Waals surface area contributed by atoms with Crippen molar-refractivity contribution >= 4 is 22.4 Å². The molecule has 1 amide bonds. The largest absolute Gasteiger partial charge is 0.506 e. The fourth-order valence-electron chi connectivity index (χ4n) is 2.48. The first-order valence-electron chi connectivity index (χ1n) is 7.94. The number of hydrogen-bond donors (Lipinski definition) is 2. The predicted octanol–water partition coefficient (Wildman–Crippen LogP) is 3.77. The summed E-state index contributed by atoms with van der Waals surface area (Å²) in [5.41, 5.74) is 0.686. The molecule has 0 spiro atoms. The molecule has 0 aliphatic rings. The third-order valence-electron chi connectivity index (χ3n) is 3.66. The van der Waals surface area contributed by atoms with Gasteiger partial charge in [-0.15, -0.1) is 6.42 Å². The number of anilines is 1. The Morgan fingerprint density at radius 3 is 2.41 bits per heavy atom. The van der Waals surface area contributed by atoms with Crippen molar-refractivity contribution in [3.05, 3.63) is 66.2 Å². The van der Waals surface area contributed by atoms with E-state index in [0.29, 0.717) is 22.2 Å². The summed E-state index contributed by atoms with van der Waals surface area (Å²) in [5, 5.41) is 14.4. The van der Waals surface area contributed by atoms with Gasteiger partial charge in [-0.1, -0.05) is 42.5 Å². The van der Waals surface area contributed by atoms with Crippen molar-refractivity contribution in [1.29, 1.82) is 0 Å². The molecule has 0 saturated carbocycles. The first-order valence-corrected chi connectivity index (χ1v) is 7.94. The molecule has 128 valence electrons. The van der Waals surface area contributed by atoms with Gasteiger partial charge in [0.2, 0.25) is 0 Å². The summed E-state index contributed by atoms with van der Waals surface area (Å²) in [6.45, 7) is 0. The summed E-state index contributed by atoms with van der Waals surface area (Å²) in [4.78, 5) is 12.6. The summed E-state index contributed by atoms with van der Waals surface area (Å²) in [5.74, 6) is 9.13. The molecule has 0 aliphatic heterocycles. The lowest BCUT2D eigenvalue weighted by Crippen LogP contribution is -2.12. The number of amides is 1. The lowest BCUT2D eigenvalue weighted by molar-refractivity contribution is 0.102. The molecule has 3 aromatic carbocycles. The number of rotatable bonds is 3. The summed E-state index contributed by atoms with van der Waals surface area (Å²) < 4.78 is 5.44. The molecule has 3 rings (SSSR count). The van der Waals surface area contributed by atoms with Gasteiger partial charge in [0.25, 0.3) is 5.91 Å². The van der Waals surface area contributed by atoms with Gasteiger partial charge in [-0.25, -0.2) is 0 Å². The van der Waals surface area contributed by atoms with Crippen LogP contribution in [0.2, 0.25) is 0 Å². The Balaban J connectivity index is 2.02. The van der Waals surface area contributed by atoms with E-state index in [1.807, 2.05) is 6.07 Å². The van der Waals surface area contributed by atoms with Crippen LogP contribution in [0.4, 0.5) is 5.69 Å². The number of para-hydroxylation sites is 1. The molecule has 27 heavy (non-hydrogen) atoms. The van der Waals surface area contributed by atoms with Crippen molar-refractivity contribution in [2.45, 2.75) is 0 Å². The maximum Gasteiger partial charge on any atom is 0.259 e. The average Bonchev–Trinajstić information content (AvgIpc) is 2.70. The minimum Gasteiger partial charge on any atom is -0.506 e. The van der Waals surface area contributed by atoms with Crippen molar-refractivity contribution in [3.8, 4) is 47.7 Å². The summed E-state index contributed by atoms with van der Waals surface area (Å²) in [6, 6.07) is 17.4. The zero-order chi connectivity index (χ0) is 19.1. The van der Waals surface area contributed by atoms with Gasteiger partial charge in [0, 0.05) is 28.3 Å². The predicted molar refractivity (Wildman–Crippen MR) is 105 cm³/mol. The van der Waals surface area contributed by atoms with E-state index in [2.05, 4.69) is 35.1 Å². The SMILES string of the molecule is C#CC#CC#COc1cc(C(=O)Nc2ccccc2)c(O)c2ccccc12. The molecule has 0 bridgehead atoms. The van der Waals surface area contributed by atoms with E-state index in [4.69, 9.17) is 11.2 Å². The Morgan fingerprint density at radius 1 is 0.963 bits per heavy atom. The highest BCUT2D eigenvalue weighted by atomic mass is 16.5. The van der Waals surface area contributed by atoms with Crippen LogP contribution in [0, 0.1) is 36.2 Å².